The third-order valence-electron chi connectivity index (χ3n) is 2.98. The van der Waals surface area contributed by atoms with Crippen molar-refractivity contribution >= 4 is 52.0 Å². The first-order chi connectivity index (χ1) is 9.90. The molecule has 3 nitrogen and oxygen atoms in total. The Hall–Kier alpha value is -1.62. The normalized spacial score (nSPS) is 10.2. The number of rotatable bonds is 3. The molecule has 0 spiro atoms. The van der Waals surface area contributed by atoms with E-state index in [0.29, 0.717) is 26.9 Å². The molecule has 0 unspecified atom stereocenters. The van der Waals surface area contributed by atoms with Crippen molar-refractivity contribution < 1.29 is 4.79 Å². The van der Waals surface area contributed by atoms with E-state index in [2.05, 4.69) is 0 Å². The second-order valence-corrected chi connectivity index (χ2v) is 5.69. The minimum absolute atomic E-state index is 0.239. The Morgan fingerprint density at radius 1 is 1.19 bits per heavy atom. The van der Waals surface area contributed by atoms with Crippen molar-refractivity contribution in [1.29, 1.82) is 0 Å². The average molecular weight is 339 g/mol. The first kappa shape index (κ1) is 15.8. The molecule has 2 N–H and O–H groups in total. The van der Waals surface area contributed by atoms with Crippen LogP contribution in [0, 0.1) is 0 Å². The lowest BCUT2D eigenvalue weighted by Gasteiger charge is -2.19. The zero-order valence-electron chi connectivity index (χ0n) is 11.1. The van der Waals surface area contributed by atoms with Gasteiger partial charge in [0.25, 0.3) is 5.91 Å². The number of hydrogen-bond acceptors (Lipinski definition) is 2. The van der Waals surface area contributed by atoms with E-state index in [1.807, 2.05) is 0 Å². The number of anilines is 1. The van der Waals surface area contributed by atoms with Crippen LogP contribution in [0.3, 0.4) is 0 Å². The number of nitrogens with zero attached hydrogens (tertiary/aromatic N) is 1. The van der Waals surface area contributed by atoms with E-state index >= 15 is 0 Å². The highest BCUT2D eigenvalue weighted by Crippen LogP contribution is 2.24. The largest absolute Gasteiger partial charge is 0.389 e. The first-order valence-corrected chi connectivity index (χ1v) is 7.19. The number of benzene rings is 2. The lowest BCUT2D eigenvalue weighted by Crippen LogP contribution is -2.26. The van der Waals surface area contributed by atoms with Crippen LogP contribution in [-0.2, 0) is 0 Å². The summed E-state index contributed by atoms with van der Waals surface area (Å²) in [4.78, 5) is 14.3. The van der Waals surface area contributed by atoms with Gasteiger partial charge in [0.15, 0.2) is 0 Å². The molecule has 0 bridgehead atoms. The molecule has 0 saturated carbocycles. The Balaban J connectivity index is 2.35. The van der Waals surface area contributed by atoms with Crippen molar-refractivity contribution in [2.24, 2.45) is 5.73 Å². The lowest BCUT2D eigenvalue weighted by atomic mass is 10.1. The number of carbonyl (C=O) groups is 1. The molecule has 6 heteroatoms. The van der Waals surface area contributed by atoms with Gasteiger partial charge in [-0.15, -0.1) is 0 Å². The third-order valence-corrected chi connectivity index (χ3v) is 3.77. The molecule has 0 fully saturated rings. The van der Waals surface area contributed by atoms with Gasteiger partial charge >= 0.3 is 0 Å². The third kappa shape index (κ3) is 3.53. The van der Waals surface area contributed by atoms with Crippen LogP contribution >= 0.6 is 35.4 Å². The molecular formula is C15H12Cl2N2OS. The molecule has 0 heterocycles. The first-order valence-electron chi connectivity index (χ1n) is 6.03. The molecule has 2 aromatic rings. The van der Waals surface area contributed by atoms with E-state index in [4.69, 9.17) is 41.2 Å². The topological polar surface area (TPSA) is 46.3 Å². The second-order valence-electron chi connectivity index (χ2n) is 4.40. The summed E-state index contributed by atoms with van der Waals surface area (Å²) in [6.45, 7) is 0. The number of halogens is 2. The molecule has 2 rings (SSSR count). The summed E-state index contributed by atoms with van der Waals surface area (Å²) in [6.07, 6.45) is 0. The van der Waals surface area contributed by atoms with Gasteiger partial charge in [-0.1, -0.05) is 47.6 Å². The predicted molar refractivity (Wildman–Crippen MR) is 91.5 cm³/mol. The van der Waals surface area contributed by atoms with Crippen molar-refractivity contribution in [2.45, 2.75) is 0 Å². The maximum atomic E-state index is 12.5. The highest BCUT2D eigenvalue weighted by Gasteiger charge is 2.17. The smallest absolute Gasteiger partial charge is 0.259 e. The van der Waals surface area contributed by atoms with E-state index in [9.17, 15) is 4.79 Å². The molecule has 0 aliphatic heterocycles. The second kappa shape index (κ2) is 6.43. The van der Waals surface area contributed by atoms with Crippen LogP contribution in [0.5, 0.6) is 0 Å². The van der Waals surface area contributed by atoms with Crippen LogP contribution in [0.1, 0.15) is 15.9 Å². The quantitative estimate of drug-likeness (QED) is 0.863. The maximum Gasteiger partial charge on any atom is 0.259 e. The minimum atomic E-state index is -0.239. The highest BCUT2D eigenvalue weighted by molar-refractivity contribution is 7.80. The molecule has 0 saturated heterocycles. The van der Waals surface area contributed by atoms with Crippen LogP contribution in [0.2, 0.25) is 10.0 Å². The molecule has 0 aromatic heterocycles. The van der Waals surface area contributed by atoms with Crippen LogP contribution < -0.4 is 10.6 Å². The molecule has 0 atom stereocenters. The van der Waals surface area contributed by atoms with Gasteiger partial charge in [-0.25, -0.2) is 0 Å². The van der Waals surface area contributed by atoms with E-state index in [0.717, 1.165) is 0 Å². The van der Waals surface area contributed by atoms with Gasteiger partial charge in [-0.2, -0.15) is 0 Å². The van der Waals surface area contributed by atoms with E-state index in [1.54, 1.807) is 43.4 Å². The Morgan fingerprint density at radius 2 is 1.90 bits per heavy atom. The summed E-state index contributed by atoms with van der Waals surface area (Å²) in [5.41, 5.74) is 7.36. The summed E-state index contributed by atoms with van der Waals surface area (Å²) in [7, 11) is 1.66. The van der Waals surface area contributed by atoms with E-state index in [1.165, 1.54) is 11.0 Å². The molecule has 0 radical (unpaired) electrons. The number of carbonyl (C=O) groups excluding carboxylic acids is 1. The summed E-state index contributed by atoms with van der Waals surface area (Å²) >= 11 is 16.8. The Kier molecular flexibility index (Phi) is 4.83. The minimum Gasteiger partial charge on any atom is -0.389 e. The lowest BCUT2D eigenvalue weighted by molar-refractivity contribution is 0.0993. The molecule has 108 valence electrons. The van der Waals surface area contributed by atoms with Crippen molar-refractivity contribution in [2.75, 3.05) is 11.9 Å². The molecule has 21 heavy (non-hydrogen) atoms. The molecule has 2 aromatic carbocycles. The predicted octanol–water partition coefficient (Wildman–Crippen LogP) is 3.90. The number of hydrogen-bond donors (Lipinski definition) is 1. The Morgan fingerprint density at radius 3 is 2.52 bits per heavy atom. The van der Waals surface area contributed by atoms with Crippen molar-refractivity contribution in [3.8, 4) is 0 Å². The summed E-state index contributed by atoms with van der Waals surface area (Å²) in [6, 6.07) is 11.9. The number of amides is 1. The van der Waals surface area contributed by atoms with Gasteiger partial charge in [0.2, 0.25) is 0 Å². The van der Waals surface area contributed by atoms with Crippen molar-refractivity contribution in [3.63, 3.8) is 0 Å². The molecule has 0 aliphatic rings. The Labute approximate surface area is 138 Å². The fraction of sp³-hybridized carbons (Fsp3) is 0.0667. The van der Waals surface area contributed by atoms with Crippen molar-refractivity contribution in [1.82, 2.24) is 0 Å². The Bertz CT molecular complexity index is 719. The van der Waals surface area contributed by atoms with Crippen LogP contribution in [0.25, 0.3) is 0 Å². The van der Waals surface area contributed by atoms with Gasteiger partial charge in [0, 0.05) is 23.3 Å². The van der Waals surface area contributed by atoms with Crippen LogP contribution in [0.4, 0.5) is 5.69 Å². The maximum absolute atomic E-state index is 12.5. The zero-order chi connectivity index (χ0) is 15.6. The van der Waals surface area contributed by atoms with E-state index in [-0.39, 0.29) is 10.9 Å². The number of thiocarbonyl (C=S) groups is 1. The zero-order valence-corrected chi connectivity index (χ0v) is 13.5. The van der Waals surface area contributed by atoms with Gasteiger partial charge in [0.1, 0.15) is 4.99 Å². The summed E-state index contributed by atoms with van der Waals surface area (Å²) < 4.78 is 0. The molecular weight excluding hydrogens is 327 g/mol. The monoisotopic (exact) mass is 338 g/mol. The molecule has 0 aliphatic carbocycles. The summed E-state index contributed by atoms with van der Waals surface area (Å²) in [5, 5.41) is 0.791. The van der Waals surface area contributed by atoms with Gasteiger partial charge < -0.3 is 10.6 Å². The van der Waals surface area contributed by atoms with Gasteiger partial charge in [0.05, 0.1) is 10.6 Å². The summed E-state index contributed by atoms with van der Waals surface area (Å²) in [5.74, 6) is -0.239. The number of nitrogens with two attached hydrogens (primary N) is 1. The van der Waals surface area contributed by atoms with Gasteiger partial charge in [-0.05, 0) is 30.3 Å². The van der Waals surface area contributed by atoms with E-state index < -0.39 is 0 Å². The van der Waals surface area contributed by atoms with Crippen molar-refractivity contribution in [3.05, 3.63) is 63.6 Å². The average Bonchev–Trinajstić information content (AvgIpc) is 2.46. The van der Waals surface area contributed by atoms with Gasteiger partial charge in [-0.3, -0.25) is 4.79 Å². The highest BCUT2D eigenvalue weighted by atomic mass is 35.5. The van der Waals surface area contributed by atoms with Crippen LogP contribution in [-0.4, -0.2) is 17.9 Å². The standard InChI is InChI=1S/C15H12Cl2N2OS/c1-19(11-4-2-3-9(7-11)14(18)21)15(20)12-6-5-10(16)8-13(12)17/h2-8H,1H3,(H2,18,21). The fourth-order valence-corrected chi connectivity index (χ4v) is 2.44. The SMILES string of the molecule is CN(C(=O)c1ccc(Cl)cc1Cl)c1cccc(C(N)=S)c1. The molecule has 1 amide bonds. The van der Waals surface area contributed by atoms with Crippen LogP contribution in [0.15, 0.2) is 42.5 Å². The fourth-order valence-electron chi connectivity index (χ4n) is 1.83.